The molecule has 0 saturated heterocycles. The third-order valence-corrected chi connectivity index (χ3v) is 3.48. The molecule has 1 atom stereocenters. The second-order valence-electron chi connectivity index (χ2n) is 4.66. The van der Waals surface area contributed by atoms with Crippen molar-refractivity contribution >= 4 is 0 Å². The fourth-order valence-electron chi connectivity index (χ4n) is 2.25. The van der Waals surface area contributed by atoms with E-state index in [-0.39, 0.29) is 11.6 Å². The first-order chi connectivity index (χ1) is 8.50. The Morgan fingerprint density at radius 2 is 1.94 bits per heavy atom. The lowest BCUT2D eigenvalue weighted by Crippen LogP contribution is -2.31. The summed E-state index contributed by atoms with van der Waals surface area (Å²) in [4.78, 5) is 9.09. The van der Waals surface area contributed by atoms with E-state index in [2.05, 4.69) is 23.8 Å². The highest BCUT2D eigenvalue weighted by molar-refractivity contribution is 5.21. The molecule has 0 amide bonds. The molecule has 0 aromatic carbocycles. The van der Waals surface area contributed by atoms with Crippen LogP contribution in [-0.4, -0.2) is 16.6 Å². The van der Waals surface area contributed by atoms with E-state index in [1.807, 2.05) is 27.0 Å². The molecule has 1 aromatic heterocycles. The van der Waals surface area contributed by atoms with Crippen LogP contribution >= 0.6 is 0 Å². The Kier molecular flexibility index (Phi) is 5.23. The zero-order valence-corrected chi connectivity index (χ0v) is 12.2. The van der Waals surface area contributed by atoms with Gasteiger partial charge in [0.15, 0.2) is 5.82 Å². The van der Waals surface area contributed by atoms with Crippen molar-refractivity contribution in [1.82, 2.24) is 9.97 Å². The predicted octanol–water partition coefficient (Wildman–Crippen LogP) is 2.86. The molecule has 0 unspecified atom stereocenters. The van der Waals surface area contributed by atoms with Gasteiger partial charge < -0.3 is 10.5 Å². The summed E-state index contributed by atoms with van der Waals surface area (Å²) in [6, 6.07) is -0.0382. The summed E-state index contributed by atoms with van der Waals surface area (Å²) in [7, 11) is 0. The summed E-state index contributed by atoms with van der Waals surface area (Å²) >= 11 is 0. The van der Waals surface area contributed by atoms with Crippen molar-refractivity contribution < 1.29 is 4.74 Å². The van der Waals surface area contributed by atoms with Gasteiger partial charge in [-0.05, 0) is 33.6 Å². The van der Waals surface area contributed by atoms with Crippen molar-refractivity contribution in [2.24, 2.45) is 5.73 Å². The minimum absolute atomic E-state index is 0.0382. The van der Waals surface area contributed by atoms with E-state index in [9.17, 15) is 0 Å². The topological polar surface area (TPSA) is 61.0 Å². The lowest BCUT2D eigenvalue weighted by Gasteiger charge is -2.30. The monoisotopic (exact) mass is 251 g/mol. The smallest absolute Gasteiger partial charge is 0.160 e. The average Bonchev–Trinajstić information content (AvgIpc) is 2.35. The molecule has 1 heterocycles. The van der Waals surface area contributed by atoms with Gasteiger partial charge in [-0.15, -0.1) is 0 Å². The Morgan fingerprint density at radius 1 is 1.33 bits per heavy atom. The average molecular weight is 251 g/mol. The van der Waals surface area contributed by atoms with Crippen LogP contribution in [0, 0.1) is 6.92 Å². The maximum atomic E-state index is 5.91. The molecular weight excluding hydrogens is 226 g/mol. The van der Waals surface area contributed by atoms with Gasteiger partial charge >= 0.3 is 0 Å². The molecule has 2 N–H and O–H groups in total. The second-order valence-corrected chi connectivity index (χ2v) is 4.66. The number of nitrogens with two attached hydrogens (primary N) is 1. The molecule has 0 bridgehead atoms. The van der Waals surface area contributed by atoms with Crippen LogP contribution in [0.1, 0.15) is 63.7 Å². The van der Waals surface area contributed by atoms with Gasteiger partial charge in [0.1, 0.15) is 5.60 Å². The minimum Gasteiger partial charge on any atom is -0.367 e. The molecule has 0 saturated carbocycles. The molecular formula is C14H25N3O. The molecule has 0 radical (unpaired) electrons. The fourth-order valence-corrected chi connectivity index (χ4v) is 2.25. The highest BCUT2D eigenvalue weighted by atomic mass is 16.5. The Balaban J connectivity index is 3.18. The van der Waals surface area contributed by atoms with E-state index in [1.165, 1.54) is 0 Å². The van der Waals surface area contributed by atoms with E-state index < -0.39 is 0 Å². The van der Waals surface area contributed by atoms with E-state index in [0.29, 0.717) is 6.61 Å². The second kappa shape index (κ2) is 6.25. The van der Waals surface area contributed by atoms with E-state index in [4.69, 9.17) is 10.5 Å². The predicted molar refractivity (Wildman–Crippen MR) is 73.3 cm³/mol. The summed E-state index contributed by atoms with van der Waals surface area (Å²) in [5, 5.41) is 0. The largest absolute Gasteiger partial charge is 0.367 e. The van der Waals surface area contributed by atoms with Gasteiger partial charge in [0.2, 0.25) is 0 Å². The van der Waals surface area contributed by atoms with Crippen LogP contribution in [0.15, 0.2) is 6.20 Å². The summed E-state index contributed by atoms with van der Waals surface area (Å²) < 4.78 is 5.91. The first-order valence-electron chi connectivity index (χ1n) is 6.74. The summed E-state index contributed by atoms with van der Waals surface area (Å²) in [6.07, 6.45) is 3.57. The lowest BCUT2D eigenvalue weighted by molar-refractivity contribution is -0.0573. The number of aromatic nitrogens is 2. The molecule has 4 nitrogen and oxygen atoms in total. The fraction of sp³-hybridized carbons (Fsp3) is 0.714. The Morgan fingerprint density at radius 3 is 2.33 bits per heavy atom. The van der Waals surface area contributed by atoms with E-state index in [1.54, 1.807) is 0 Å². The normalized spacial score (nSPS) is 13.7. The first-order valence-corrected chi connectivity index (χ1v) is 6.74. The summed E-state index contributed by atoms with van der Waals surface area (Å²) in [5.41, 5.74) is 7.46. The van der Waals surface area contributed by atoms with Crippen LogP contribution in [0.2, 0.25) is 0 Å². The summed E-state index contributed by atoms with van der Waals surface area (Å²) in [6.45, 7) is 10.8. The van der Waals surface area contributed by atoms with Crippen LogP contribution in [0.3, 0.4) is 0 Å². The standard InChI is InChI=1S/C14H25N3O/c1-6-14(7-2,18-8-3)13-16-9-12(10(4)15)11(5)17-13/h9-10H,6-8,15H2,1-5H3/t10-/m1/s1. The molecule has 0 aliphatic carbocycles. The maximum absolute atomic E-state index is 5.91. The molecule has 1 aromatic rings. The lowest BCUT2D eigenvalue weighted by atomic mass is 9.95. The Hall–Kier alpha value is -1.00. The van der Waals surface area contributed by atoms with Crippen LogP contribution in [0.25, 0.3) is 0 Å². The van der Waals surface area contributed by atoms with E-state index in [0.717, 1.165) is 29.9 Å². The van der Waals surface area contributed by atoms with Crippen molar-refractivity contribution in [3.63, 3.8) is 0 Å². The SMILES string of the molecule is CCOC(CC)(CC)c1ncc([C@@H](C)N)c(C)n1. The number of ether oxygens (including phenoxy) is 1. The van der Waals surface area contributed by atoms with Gasteiger partial charge in [-0.2, -0.15) is 0 Å². The number of aryl methyl sites for hydroxylation is 1. The highest BCUT2D eigenvalue weighted by Crippen LogP contribution is 2.31. The summed E-state index contributed by atoms with van der Waals surface area (Å²) in [5.74, 6) is 0.774. The van der Waals surface area contributed by atoms with Crippen LogP contribution in [-0.2, 0) is 10.3 Å². The molecule has 0 aliphatic heterocycles. The molecule has 0 aliphatic rings. The van der Waals surface area contributed by atoms with Crippen LogP contribution < -0.4 is 5.73 Å². The zero-order chi connectivity index (χ0) is 13.8. The van der Waals surface area contributed by atoms with E-state index >= 15 is 0 Å². The third kappa shape index (κ3) is 2.87. The Bertz CT molecular complexity index is 387. The molecule has 0 fully saturated rings. The first kappa shape index (κ1) is 15.1. The quantitative estimate of drug-likeness (QED) is 0.844. The highest BCUT2D eigenvalue weighted by Gasteiger charge is 2.32. The number of hydrogen-bond acceptors (Lipinski definition) is 4. The van der Waals surface area contributed by atoms with Crippen molar-refractivity contribution in [1.29, 1.82) is 0 Å². The number of nitrogens with zero attached hydrogens (tertiary/aromatic N) is 2. The maximum Gasteiger partial charge on any atom is 0.160 e. The molecule has 0 spiro atoms. The van der Waals surface area contributed by atoms with Crippen LogP contribution in [0.5, 0.6) is 0 Å². The van der Waals surface area contributed by atoms with Crippen molar-refractivity contribution in [3.05, 3.63) is 23.3 Å². The van der Waals surface area contributed by atoms with Crippen molar-refractivity contribution in [2.75, 3.05) is 6.61 Å². The molecule has 1 rings (SSSR count). The number of hydrogen-bond donors (Lipinski definition) is 1. The zero-order valence-electron chi connectivity index (χ0n) is 12.2. The molecule has 18 heavy (non-hydrogen) atoms. The molecule has 102 valence electrons. The van der Waals surface area contributed by atoms with Gasteiger partial charge in [0, 0.05) is 30.1 Å². The third-order valence-electron chi connectivity index (χ3n) is 3.48. The van der Waals surface area contributed by atoms with Gasteiger partial charge in [-0.3, -0.25) is 0 Å². The van der Waals surface area contributed by atoms with Gasteiger partial charge in [-0.1, -0.05) is 13.8 Å². The van der Waals surface area contributed by atoms with Crippen LogP contribution in [0.4, 0.5) is 0 Å². The van der Waals surface area contributed by atoms with Gasteiger partial charge in [0.05, 0.1) is 0 Å². The number of rotatable bonds is 6. The Labute approximate surface area is 110 Å². The molecule has 4 heteroatoms. The van der Waals surface area contributed by atoms with Gasteiger partial charge in [0.25, 0.3) is 0 Å². The van der Waals surface area contributed by atoms with Gasteiger partial charge in [-0.25, -0.2) is 9.97 Å². The minimum atomic E-state index is -0.365. The van der Waals surface area contributed by atoms with Crippen molar-refractivity contribution in [2.45, 2.75) is 59.1 Å². The van der Waals surface area contributed by atoms with Crippen molar-refractivity contribution in [3.8, 4) is 0 Å².